The zero-order valence-corrected chi connectivity index (χ0v) is 11.8. The minimum Gasteiger partial charge on any atom is -0.406 e. The fraction of sp³-hybridized carbons (Fsp3) is 0.571. The molecule has 0 saturated heterocycles. The van der Waals surface area contributed by atoms with E-state index in [1.54, 1.807) is 12.1 Å². The Bertz CT molecular complexity index is 390. The van der Waals surface area contributed by atoms with E-state index in [1.165, 1.54) is 12.1 Å². The number of rotatable bonds is 7. The molecule has 1 aromatic rings. The molecule has 3 nitrogen and oxygen atoms in total. The van der Waals surface area contributed by atoms with Crippen LogP contribution in [0.4, 0.5) is 13.2 Å². The summed E-state index contributed by atoms with van der Waals surface area (Å²) in [6.45, 7) is 7.14. The first-order chi connectivity index (χ1) is 9.28. The van der Waals surface area contributed by atoms with E-state index in [0.29, 0.717) is 13.2 Å². The lowest BCUT2D eigenvalue weighted by Crippen LogP contribution is -2.24. The normalized spacial score (nSPS) is 13.6. The molecule has 0 spiro atoms. The van der Waals surface area contributed by atoms with Crippen molar-refractivity contribution >= 4 is 0 Å². The summed E-state index contributed by atoms with van der Waals surface area (Å²) in [6.07, 6.45) is -4.47. The molecule has 0 amide bonds. The first kappa shape index (κ1) is 16.8. The van der Waals surface area contributed by atoms with Gasteiger partial charge in [-0.1, -0.05) is 12.1 Å². The van der Waals surface area contributed by atoms with Gasteiger partial charge < -0.3 is 14.8 Å². The summed E-state index contributed by atoms with van der Waals surface area (Å²) < 4.78 is 45.3. The fourth-order valence-corrected chi connectivity index (χ4v) is 1.65. The van der Waals surface area contributed by atoms with Gasteiger partial charge >= 0.3 is 6.36 Å². The van der Waals surface area contributed by atoms with Crippen LogP contribution in [0.15, 0.2) is 24.3 Å². The third-order valence-corrected chi connectivity index (χ3v) is 2.62. The average molecular weight is 291 g/mol. The molecule has 0 fully saturated rings. The van der Waals surface area contributed by atoms with Gasteiger partial charge in [-0.3, -0.25) is 0 Å². The van der Waals surface area contributed by atoms with Gasteiger partial charge in [0, 0.05) is 12.6 Å². The average Bonchev–Trinajstić information content (AvgIpc) is 2.33. The van der Waals surface area contributed by atoms with Crippen molar-refractivity contribution in [2.45, 2.75) is 39.3 Å². The van der Waals surface area contributed by atoms with Crippen molar-refractivity contribution in [2.75, 3.05) is 13.2 Å². The van der Waals surface area contributed by atoms with Crippen molar-refractivity contribution in [3.05, 3.63) is 29.8 Å². The third-order valence-electron chi connectivity index (χ3n) is 2.62. The van der Waals surface area contributed by atoms with Crippen molar-refractivity contribution in [2.24, 2.45) is 0 Å². The van der Waals surface area contributed by atoms with E-state index < -0.39 is 6.36 Å². The first-order valence-electron chi connectivity index (χ1n) is 6.48. The lowest BCUT2D eigenvalue weighted by atomic mass is 10.1. The van der Waals surface area contributed by atoms with Crippen LogP contribution in [0.2, 0.25) is 0 Å². The standard InChI is InChI=1S/C14H20F3NO2/c1-10(2)19-9-8-18-11(3)12-4-6-13(7-5-12)20-14(15,16)17/h4-7,10-11,18H,8-9H2,1-3H3. The highest BCUT2D eigenvalue weighted by Crippen LogP contribution is 2.24. The Morgan fingerprint density at radius 1 is 1.10 bits per heavy atom. The third kappa shape index (κ3) is 6.77. The van der Waals surface area contributed by atoms with E-state index in [0.717, 1.165) is 5.56 Å². The molecule has 0 saturated carbocycles. The Labute approximate surface area is 117 Å². The van der Waals surface area contributed by atoms with E-state index in [9.17, 15) is 13.2 Å². The lowest BCUT2D eigenvalue weighted by Gasteiger charge is -2.16. The molecular weight excluding hydrogens is 271 g/mol. The van der Waals surface area contributed by atoms with Crippen molar-refractivity contribution in [3.8, 4) is 5.75 Å². The van der Waals surface area contributed by atoms with Gasteiger partial charge in [0.05, 0.1) is 12.7 Å². The molecule has 1 N–H and O–H groups in total. The van der Waals surface area contributed by atoms with Gasteiger partial charge in [0.2, 0.25) is 0 Å². The second kappa shape index (κ2) is 7.50. The molecule has 1 aromatic carbocycles. The molecule has 1 atom stereocenters. The van der Waals surface area contributed by atoms with E-state index in [1.807, 2.05) is 20.8 Å². The maximum absolute atomic E-state index is 12.0. The molecule has 0 aliphatic rings. The summed E-state index contributed by atoms with van der Waals surface area (Å²) in [5.41, 5.74) is 0.893. The first-order valence-corrected chi connectivity index (χ1v) is 6.48. The summed E-state index contributed by atoms with van der Waals surface area (Å²) in [7, 11) is 0. The van der Waals surface area contributed by atoms with Crippen LogP contribution in [0, 0.1) is 0 Å². The number of halogens is 3. The molecule has 20 heavy (non-hydrogen) atoms. The minimum atomic E-state index is -4.65. The minimum absolute atomic E-state index is 0.0331. The highest BCUT2D eigenvalue weighted by Gasteiger charge is 2.30. The topological polar surface area (TPSA) is 30.5 Å². The summed E-state index contributed by atoms with van der Waals surface area (Å²) >= 11 is 0. The van der Waals surface area contributed by atoms with Crippen LogP contribution in [0.25, 0.3) is 0 Å². The van der Waals surface area contributed by atoms with E-state index >= 15 is 0 Å². The van der Waals surface area contributed by atoms with E-state index in [4.69, 9.17) is 4.74 Å². The van der Waals surface area contributed by atoms with Crippen LogP contribution in [0.3, 0.4) is 0 Å². The molecule has 1 rings (SSSR count). The quantitative estimate of drug-likeness (QED) is 0.778. The molecule has 0 radical (unpaired) electrons. The molecular formula is C14H20F3NO2. The van der Waals surface area contributed by atoms with E-state index in [2.05, 4.69) is 10.1 Å². The predicted molar refractivity (Wildman–Crippen MR) is 70.6 cm³/mol. The van der Waals surface area contributed by atoms with Gasteiger partial charge in [-0.05, 0) is 38.5 Å². The largest absolute Gasteiger partial charge is 0.573 e. The Balaban J connectivity index is 2.43. The maximum atomic E-state index is 12.0. The SMILES string of the molecule is CC(C)OCCNC(C)c1ccc(OC(F)(F)F)cc1. The van der Waals surface area contributed by atoms with Gasteiger partial charge in [-0.15, -0.1) is 13.2 Å². The fourth-order valence-electron chi connectivity index (χ4n) is 1.65. The zero-order valence-electron chi connectivity index (χ0n) is 11.8. The molecule has 0 aliphatic heterocycles. The highest BCUT2D eigenvalue weighted by atomic mass is 19.4. The molecule has 1 unspecified atom stereocenters. The van der Waals surface area contributed by atoms with Crippen LogP contribution >= 0.6 is 0 Å². The van der Waals surface area contributed by atoms with E-state index in [-0.39, 0.29) is 17.9 Å². The second-order valence-corrected chi connectivity index (χ2v) is 4.71. The number of ether oxygens (including phenoxy) is 2. The van der Waals surface area contributed by atoms with Crippen molar-refractivity contribution in [3.63, 3.8) is 0 Å². The summed E-state index contributed by atoms with van der Waals surface area (Å²) in [6, 6.07) is 5.88. The molecule has 0 bridgehead atoms. The number of alkyl halides is 3. The summed E-state index contributed by atoms with van der Waals surface area (Å²) in [5, 5.41) is 3.23. The number of nitrogens with one attached hydrogen (secondary N) is 1. The van der Waals surface area contributed by atoms with Gasteiger partial charge in [-0.2, -0.15) is 0 Å². The van der Waals surface area contributed by atoms with Crippen LogP contribution in [0.1, 0.15) is 32.4 Å². The second-order valence-electron chi connectivity index (χ2n) is 4.71. The molecule has 114 valence electrons. The van der Waals surface area contributed by atoms with Crippen molar-refractivity contribution < 1.29 is 22.6 Å². The maximum Gasteiger partial charge on any atom is 0.573 e. The van der Waals surface area contributed by atoms with Gasteiger partial charge in [0.15, 0.2) is 0 Å². The number of hydrogen-bond acceptors (Lipinski definition) is 3. The summed E-state index contributed by atoms with van der Waals surface area (Å²) in [5.74, 6) is -0.211. The Hall–Kier alpha value is -1.27. The van der Waals surface area contributed by atoms with Gasteiger partial charge in [-0.25, -0.2) is 0 Å². The van der Waals surface area contributed by atoms with Crippen molar-refractivity contribution in [1.82, 2.24) is 5.32 Å². The highest BCUT2D eigenvalue weighted by molar-refractivity contribution is 5.29. The number of hydrogen-bond donors (Lipinski definition) is 1. The number of benzene rings is 1. The van der Waals surface area contributed by atoms with Crippen LogP contribution in [-0.2, 0) is 4.74 Å². The molecule has 0 aliphatic carbocycles. The molecule has 6 heteroatoms. The monoisotopic (exact) mass is 291 g/mol. The summed E-state index contributed by atoms with van der Waals surface area (Å²) in [4.78, 5) is 0. The van der Waals surface area contributed by atoms with Gasteiger partial charge in [0.1, 0.15) is 5.75 Å². The Morgan fingerprint density at radius 3 is 2.20 bits per heavy atom. The Morgan fingerprint density at radius 2 is 1.70 bits per heavy atom. The van der Waals surface area contributed by atoms with Crippen molar-refractivity contribution in [1.29, 1.82) is 0 Å². The predicted octanol–water partition coefficient (Wildman–Crippen LogP) is 3.66. The van der Waals surface area contributed by atoms with Crippen LogP contribution in [-0.4, -0.2) is 25.6 Å². The van der Waals surface area contributed by atoms with Crippen LogP contribution in [0.5, 0.6) is 5.75 Å². The van der Waals surface area contributed by atoms with Crippen LogP contribution < -0.4 is 10.1 Å². The van der Waals surface area contributed by atoms with Gasteiger partial charge in [0.25, 0.3) is 0 Å². The smallest absolute Gasteiger partial charge is 0.406 e. The molecule has 0 heterocycles. The Kier molecular flexibility index (Phi) is 6.29. The lowest BCUT2D eigenvalue weighted by molar-refractivity contribution is -0.274. The zero-order chi connectivity index (χ0) is 15.2. The molecule has 0 aromatic heterocycles.